The monoisotopic (exact) mass is 256 g/mol. The van der Waals surface area contributed by atoms with E-state index in [1.54, 1.807) is 11.3 Å². The second-order valence-electron chi connectivity index (χ2n) is 4.33. The second-order valence-corrected chi connectivity index (χ2v) is 5.28. The third-order valence-corrected chi connectivity index (χ3v) is 3.77. The largest absolute Gasteiger partial charge is 0.381 e. The molecular formula is C12H20N2O2S. The van der Waals surface area contributed by atoms with E-state index in [4.69, 9.17) is 9.47 Å². The summed E-state index contributed by atoms with van der Waals surface area (Å²) in [6, 6.07) is 0. The van der Waals surface area contributed by atoms with Gasteiger partial charge in [0.2, 0.25) is 0 Å². The lowest BCUT2D eigenvalue weighted by atomic mass is 10.0. The zero-order chi connectivity index (χ0) is 11.9. The van der Waals surface area contributed by atoms with Crippen LogP contribution in [-0.2, 0) is 22.6 Å². The maximum absolute atomic E-state index is 5.72. The molecule has 0 saturated carbocycles. The molecular weight excluding hydrogens is 236 g/mol. The van der Waals surface area contributed by atoms with Crippen molar-refractivity contribution in [3.63, 3.8) is 0 Å². The summed E-state index contributed by atoms with van der Waals surface area (Å²) in [6.45, 7) is 4.08. The Kier molecular flexibility index (Phi) is 5.38. The first kappa shape index (κ1) is 13.0. The van der Waals surface area contributed by atoms with Gasteiger partial charge >= 0.3 is 0 Å². The van der Waals surface area contributed by atoms with Gasteiger partial charge in [-0.3, -0.25) is 0 Å². The van der Waals surface area contributed by atoms with Crippen LogP contribution in [0.25, 0.3) is 0 Å². The number of hydrogen-bond acceptors (Lipinski definition) is 5. The molecule has 0 radical (unpaired) electrons. The Hall–Kier alpha value is -0.490. The van der Waals surface area contributed by atoms with Gasteiger partial charge in [0.1, 0.15) is 5.01 Å². The number of rotatable bonds is 6. The number of hydrogen-bond donors (Lipinski definition) is 1. The molecule has 1 aromatic heterocycles. The SMILES string of the molecule is CNCc1nc(COCC2CCOCC2)cs1. The highest BCUT2D eigenvalue weighted by Gasteiger charge is 2.13. The minimum Gasteiger partial charge on any atom is -0.381 e. The van der Waals surface area contributed by atoms with Crippen LogP contribution in [0.5, 0.6) is 0 Å². The van der Waals surface area contributed by atoms with Crippen LogP contribution in [0.15, 0.2) is 5.38 Å². The molecule has 2 rings (SSSR count). The normalized spacial score (nSPS) is 17.5. The van der Waals surface area contributed by atoms with E-state index >= 15 is 0 Å². The highest BCUT2D eigenvalue weighted by Crippen LogP contribution is 2.16. The molecule has 0 amide bonds. The molecule has 1 saturated heterocycles. The molecule has 2 heterocycles. The van der Waals surface area contributed by atoms with E-state index in [1.165, 1.54) is 0 Å². The highest BCUT2D eigenvalue weighted by atomic mass is 32.1. The molecule has 96 valence electrons. The lowest BCUT2D eigenvalue weighted by Crippen LogP contribution is -2.20. The van der Waals surface area contributed by atoms with Crippen LogP contribution in [0, 0.1) is 5.92 Å². The van der Waals surface area contributed by atoms with Gasteiger partial charge in [-0.25, -0.2) is 4.98 Å². The van der Waals surface area contributed by atoms with Gasteiger partial charge in [-0.05, 0) is 25.8 Å². The van der Waals surface area contributed by atoms with Gasteiger partial charge in [0.15, 0.2) is 0 Å². The van der Waals surface area contributed by atoms with Crippen molar-refractivity contribution < 1.29 is 9.47 Å². The van der Waals surface area contributed by atoms with E-state index in [-0.39, 0.29) is 0 Å². The van der Waals surface area contributed by atoms with Crippen molar-refractivity contribution in [3.05, 3.63) is 16.1 Å². The van der Waals surface area contributed by atoms with E-state index in [0.29, 0.717) is 12.5 Å². The first-order valence-electron chi connectivity index (χ1n) is 6.12. The molecule has 0 bridgehead atoms. The number of thiazole rings is 1. The van der Waals surface area contributed by atoms with Gasteiger partial charge in [-0.1, -0.05) is 0 Å². The van der Waals surface area contributed by atoms with Gasteiger partial charge < -0.3 is 14.8 Å². The van der Waals surface area contributed by atoms with Crippen LogP contribution in [0.3, 0.4) is 0 Å². The van der Waals surface area contributed by atoms with Crippen molar-refractivity contribution in [1.29, 1.82) is 0 Å². The molecule has 1 aliphatic heterocycles. The summed E-state index contributed by atoms with van der Waals surface area (Å²) in [5.41, 5.74) is 1.05. The topological polar surface area (TPSA) is 43.4 Å². The Bertz CT molecular complexity index is 324. The minimum atomic E-state index is 0.636. The maximum Gasteiger partial charge on any atom is 0.107 e. The van der Waals surface area contributed by atoms with Gasteiger partial charge in [0, 0.05) is 25.1 Å². The van der Waals surface area contributed by atoms with Crippen LogP contribution in [0.2, 0.25) is 0 Å². The summed E-state index contributed by atoms with van der Waals surface area (Å²) in [4.78, 5) is 4.49. The fourth-order valence-electron chi connectivity index (χ4n) is 1.89. The maximum atomic E-state index is 5.72. The Labute approximate surface area is 106 Å². The molecule has 5 heteroatoms. The summed E-state index contributed by atoms with van der Waals surface area (Å²) in [5.74, 6) is 0.666. The summed E-state index contributed by atoms with van der Waals surface area (Å²) in [6.07, 6.45) is 2.25. The fourth-order valence-corrected chi connectivity index (χ4v) is 2.68. The lowest BCUT2D eigenvalue weighted by molar-refractivity contribution is 0.0151. The van der Waals surface area contributed by atoms with E-state index in [9.17, 15) is 0 Å². The molecule has 0 aliphatic carbocycles. The number of nitrogens with one attached hydrogen (secondary N) is 1. The molecule has 1 aliphatic rings. The second kappa shape index (κ2) is 7.06. The van der Waals surface area contributed by atoms with Crippen LogP contribution < -0.4 is 5.32 Å². The molecule has 0 unspecified atom stereocenters. The van der Waals surface area contributed by atoms with Crippen molar-refractivity contribution in [2.24, 2.45) is 5.92 Å². The van der Waals surface area contributed by atoms with Crippen LogP contribution >= 0.6 is 11.3 Å². The van der Waals surface area contributed by atoms with Crippen LogP contribution in [0.1, 0.15) is 23.5 Å². The first-order chi connectivity index (χ1) is 8.38. The molecule has 1 fully saturated rings. The zero-order valence-corrected chi connectivity index (χ0v) is 11.1. The first-order valence-corrected chi connectivity index (χ1v) is 7.00. The zero-order valence-electron chi connectivity index (χ0n) is 10.3. The Morgan fingerprint density at radius 1 is 1.53 bits per heavy atom. The number of ether oxygens (including phenoxy) is 2. The predicted molar refractivity (Wildman–Crippen MR) is 68.1 cm³/mol. The Morgan fingerprint density at radius 3 is 3.12 bits per heavy atom. The van der Waals surface area contributed by atoms with Crippen LogP contribution in [0.4, 0.5) is 0 Å². The highest BCUT2D eigenvalue weighted by molar-refractivity contribution is 7.09. The van der Waals surface area contributed by atoms with Crippen molar-refractivity contribution in [3.8, 4) is 0 Å². The van der Waals surface area contributed by atoms with Crippen molar-refractivity contribution in [2.45, 2.75) is 26.0 Å². The Morgan fingerprint density at radius 2 is 2.35 bits per heavy atom. The van der Waals surface area contributed by atoms with Gasteiger partial charge in [0.05, 0.1) is 18.9 Å². The summed E-state index contributed by atoms with van der Waals surface area (Å²) >= 11 is 1.69. The van der Waals surface area contributed by atoms with E-state index in [2.05, 4.69) is 15.7 Å². The third kappa shape index (κ3) is 4.35. The smallest absolute Gasteiger partial charge is 0.107 e. The molecule has 1 aromatic rings. The van der Waals surface area contributed by atoms with Crippen molar-refractivity contribution in [1.82, 2.24) is 10.3 Å². The predicted octanol–water partition coefficient (Wildman–Crippen LogP) is 1.81. The summed E-state index contributed by atoms with van der Waals surface area (Å²) in [7, 11) is 1.93. The summed E-state index contributed by atoms with van der Waals surface area (Å²) in [5, 5.41) is 6.30. The third-order valence-electron chi connectivity index (χ3n) is 2.87. The van der Waals surface area contributed by atoms with E-state index < -0.39 is 0 Å². The lowest BCUT2D eigenvalue weighted by Gasteiger charge is -2.21. The Balaban J connectivity index is 1.66. The minimum absolute atomic E-state index is 0.636. The average Bonchev–Trinajstić information content (AvgIpc) is 2.79. The van der Waals surface area contributed by atoms with Crippen molar-refractivity contribution >= 4 is 11.3 Å². The molecule has 17 heavy (non-hydrogen) atoms. The summed E-state index contributed by atoms with van der Waals surface area (Å²) < 4.78 is 11.0. The van der Waals surface area contributed by atoms with Gasteiger partial charge in [-0.15, -0.1) is 11.3 Å². The quantitative estimate of drug-likeness (QED) is 0.843. The molecule has 0 spiro atoms. The molecule has 0 aromatic carbocycles. The van der Waals surface area contributed by atoms with E-state index in [1.807, 2.05) is 7.05 Å². The number of aromatic nitrogens is 1. The number of nitrogens with zero attached hydrogens (tertiary/aromatic N) is 1. The molecule has 0 atom stereocenters. The fraction of sp³-hybridized carbons (Fsp3) is 0.750. The van der Waals surface area contributed by atoms with E-state index in [0.717, 1.165) is 49.9 Å². The average molecular weight is 256 g/mol. The molecule has 1 N–H and O–H groups in total. The molecule has 4 nitrogen and oxygen atoms in total. The van der Waals surface area contributed by atoms with Crippen molar-refractivity contribution in [2.75, 3.05) is 26.9 Å². The van der Waals surface area contributed by atoms with Crippen LogP contribution in [-0.4, -0.2) is 31.9 Å². The van der Waals surface area contributed by atoms with Gasteiger partial charge in [0.25, 0.3) is 0 Å². The van der Waals surface area contributed by atoms with Gasteiger partial charge in [-0.2, -0.15) is 0 Å². The standard InChI is InChI=1S/C12H20N2O2S/c1-13-6-12-14-11(9-17-12)8-16-7-10-2-4-15-5-3-10/h9-10,13H,2-8H2,1H3.